The van der Waals surface area contributed by atoms with E-state index in [4.69, 9.17) is 9.47 Å². The summed E-state index contributed by atoms with van der Waals surface area (Å²) in [7, 11) is 0. The number of nitrogens with zero attached hydrogens (tertiary/aromatic N) is 3. The van der Waals surface area contributed by atoms with Crippen molar-refractivity contribution in [2.45, 2.75) is 33.4 Å². The molecule has 1 fully saturated rings. The minimum atomic E-state index is -0.0602. The topological polar surface area (TPSA) is 85.7 Å². The largest absolute Gasteiger partial charge is 0.378 e. The van der Waals surface area contributed by atoms with Crippen molar-refractivity contribution in [1.29, 1.82) is 0 Å². The van der Waals surface area contributed by atoms with E-state index < -0.39 is 0 Å². The lowest BCUT2D eigenvalue weighted by Gasteiger charge is -2.26. The van der Waals surface area contributed by atoms with E-state index in [0.717, 1.165) is 17.7 Å². The van der Waals surface area contributed by atoms with Gasteiger partial charge in [0.15, 0.2) is 5.69 Å². The third-order valence-electron chi connectivity index (χ3n) is 4.54. The first-order chi connectivity index (χ1) is 12.1. The highest BCUT2D eigenvalue weighted by Crippen LogP contribution is 2.22. The quantitative estimate of drug-likeness (QED) is 0.820. The number of rotatable bonds is 5. The molecule has 1 saturated heterocycles. The molecular formula is C17H26N4O4. The molecule has 2 aliphatic heterocycles. The summed E-state index contributed by atoms with van der Waals surface area (Å²) in [6.07, 6.45) is 0.733. The van der Waals surface area contributed by atoms with Crippen LogP contribution in [0.5, 0.6) is 0 Å². The first kappa shape index (κ1) is 17.9. The molecule has 0 atom stereocenters. The summed E-state index contributed by atoms with van der Waals surface area (Å²) in [6.45, 7) is 8.12. The zero-order valence-corrected chi connectivity index (χ0v) is 14.9. The summed E-state index contributed by atoms with van der Waals surface area (Å²) in [5.41, 5.74) is 2.41. The molecule has 1 aromatic heterocycles. The molecule has 2 aliphatic rings. The predicted octanol–water partition coefficient (Wildman–Crippen LogP) is 0.200. The number of aromatic nitrogens is 2. The molecule has 0 aliphatic carbocycles. The lowest BCUT2D eigenvalue weighted by molar-refractivity contribution is -0.124. The third kappa shape index (κ3) is 4.01. The maximum absolute atomic E-state index is 12.8. The average Bonchev–Trinajstić information content (AvgIpc) is 3.00. The second-order valence-electron chi connectivity index (χ2n) is 6.65. The van der Waals surface area contributed by atoms with Gasteiger partial charge < -0.3 is 19.7 Å². The Morgan fingerprint density at radius 3 is 2.68 bits per heavy atom. The molecule has 2 amide bonds. The predicted molar refractivity (Wildman–Crippen MR) is 90.2 cm³/mol. The molecular weight excluding hydrogens is 324 g/mol. The van der Waals surface area contributed by atoms with Crippen molar-refractivity contribution in [3.05, 3.63) is 17.0 Å². The standard InChI is InChI=1S/C17H26N4O4/c1-12(2)16(22)18-4-5-21-14-3-8-25-11-13(14)15(19-21)17(23)20-6-9-24-10-7-20/h12H,3-11H2,1-2H3,(H,18,22). The average molecular weight is 350 g/mol. The maximum atomic E-state index is 12.8. The minimum absolute atomic E-state index is 0.0222. The van der Waals surface area contributed by atoms with Gasteiger partial charge in [-0.3, -0.25) is 14.3 Å². The molecule has 0 radical (unpaired) electrons. The fraction of sp³-hybridized carbons (Fsp3) is 0.706. The smallest absolute Gasteiger partial charge is 0.274 e. The number of fused-ring (bicyclic) bond motifs is 1. The number of nitrogens with one attached hydrogen (secondary N) is 1. The van der Waals surface area contributed by atoms with Crippen LogP contribution in [-0.4, -0.2) is 65.9 Å². The van der Waals surface area contributed by atoms with Gasteiger partial charge in [-0.2, -0.15) is 5.10 Å². The van der Waals surface area contributed by atoms with E-state index in [9.17, 15) is 9.59 Å². The highest BCUT2D eigenvalue weighted by atomic mass is 16.5. The van der Waals surface area contributed by atoms with E-state index >= 15 is 0 Å². The lowest BCUT2D eigenvalue weighted by atomic mass is 10.1. The van der Waals surface area contributed by atoms with Crippen molar-refractivity contribution in [2.75, 3.05) is 39.5 Å². The molecule has 1 aromatic rings. The number of carbonyl (C=O) groups is 2. The molecule has 0 bridgehead atoms. The van der Waals surface area contributed by atoms with Crippen LogP contribution in [0.15, 0.2) is 0 Å². The number of carbonyl (C=O) groups excluding carboxylic acids is 2. The fourth-order valence-electron chi connectivity index (χ4n) is 3.07. The Hall–Kier alpha value is -1.93. The van der Waals surface area contributed by atoms with Crippen molar-refractivity contribution in [3.63, 3.8) is 0 Å². The maximum Gasteiger partial charge on any atom is 0.274 e. The third-order valence-corrected chi connectivity index (χ3v) is 4.54. The normalized spacial score (nSPS) is 17.5. The van der Waals surface area contributed by atoms with Gasteiger partial charge >= 0.3 is 0 Å². The molecule has 0 saturated carbocycles. The van der Waals surface area contributed by atoms with Crippen LogP contribution < -0.4 is 5.32 Å². The van der Waals surface area contributed by atoms with Gasteiger partial charge in [-0.1, -0.05) is 13.8 Å². The Morgan fingerprint density at radius 1 is 1.20 bits per heavy atom. The summed E-state index contributed by atoms with van der Waals surface area (Å²) < 4.78 is 12.7. The summed E-state index contributed by atoms with van der Waals surface area (Å²) in [4.78, 5) is 26.3. The Kier molecular flexibility index (Phi) is 5.70. The van der Waals surface area contributed by atoms with Gasteiger partial charge in [0.2, 0.25) is 5.91 Å². The number of amides is 2. The number of hydrogen-bond acceptors (Lipinski definition) is 5. The Balaban J connectivity index is 1.74. The van der Waals surface area contributed by atoms with Crippen LogP contribution in [0, 0.1) is 5.92 Å². The molecule has 138 valence electrons. The van der Waals surface area contributed by atoms with E-state index in [2.05, 4.69) is 10.4 Å². The van der Waals surface area contributed by atoms with E-state index in [1.807, 2.05) is 18.5 Å². The van der Waals surface area contributed by atoms with Crippen LogP contribution in [0.1, 0.15) is 35.6 Å². The summed E-state index contributed by atoms with van der Waals surface area (Å²) >= 11 is 0. The van der Waals surface area contributed by atoms with Gasteiger partial charge in [0.25, 0.3) is 5.91 Å². The Labute approximate surface area is 147 Å². The molecule has 3 rings (SSSR count). The van der Waals surface area contributed by atoms with E-state index in [1.54, 1.807) is 4.90 Å². The molecule has 3 heterocycles. The molecule has 0 unspecified atom stereocenters. The van der Waals surface area contributed by atoms with Crippen LogP contribution in [0.2, 0.25) is 0 Å². The zero-order chi connectivity index (χ0) is 17.8. The second-order valence-corrected chi connectivity index (χ2v) is 6.65. The summed E-state index contributed by atoms with van der Waals surface area (Å²) in [5.74, 6) is -0.0811. The lowest BCUT2D eigenvalue weighted by Crippen LogP contribution is -2.41. The van der Waals surface area contributed by atoms with Crippen molar-refractivity contribution >= 4 is 11.8 Å². The van der Waals surface area contributed by atoms with Crippen LogP contribution >= 0.6 is 0 Å². The van der Waals surface area contributed by atoms with Gasteiger partial charge in [-0.25, -0.2) is 0 Å². The van der Waals surface area contributed by atoms with Crippen LogP contribution in [0.25, 0.3) is 0 Å². The number of ether oxygens (including phenoxy) is 2. The molecule has 8 heteroatoms. The number of hydrogen-bond donors (Lipinski definition) is 1. The van der Waals surface area contributed by atoms with Gasteiger partial charge in [0.05, 0.1) is 33.0 Å². The van der Waals surface area contributed by atoms with Crippen molar-refractivity contribution in [3.8, 4) is 0 Å². The summed E-state index contributed by atoms with van der Waals surface area (Å²) in [5, 5.41) is 7.46. The van der Waals surface area contributed by atoms with Crippen LogP contribution in [0.4, 0.5) is 0 Å². The van der Waals surface area contributed by atoms with Crippen LogP contribution in [-0.2, 0) is 33.8 Å². The Bertz CT molecular complexity index is 635. The molecule has 1 N–H and O–H groups in total. The molecule has 0 aromatic carbocycles. The van der Waals surface area contributed by atoms with Crippen molar-refractivity contribution < 1.29 is 19.1 Å². The first-order valence-electron chi connectivity index (χ1n) is 8.89. The minimum Gasteiger partial charge on any atom is -0.378 e. The van der Waals surface area contributed by atoms with E-state index in [-0.39, 0.29) is 17.7 Å². The van der Waals surface area contributed by atoms with Gasteiger partial charge in [-0.05, 0) is 0 Å². The van der Waals surface area contributed by atoms with Crippen molar-refractivity contribution in [1.82, 2.24) is 20.0 Å². The van der Waals surface area contributed by atoms with E-state index in [1.165, 1.54) is 0 Å². The zero-order valence-electron chi connectivity index (χ0n) is 14.9. The monoisotopic (exact) mass is 350 g/mol. The highest BCUT2D eigenvalue weighted by Gasteiger charge is 2.29. The second kappa shape index (κ2) is 7.97. The fourth-order valence-corrected chi connectivity index (χ4v) is 3.07. The van der Waals surface area contributed by atoms with Gasteiger partial charge in [0, 0.05) is 43.2 Å². The van der Waals surface area contributed by atoms with Crippen molar-refractivity contribution in [2.24, 2.45) is 5.92 Å². The first-order valence-corrected chi connectivity index (χ1v) is 8.89. The highest BCUT2D eigenvalue weighted by molar-refractivity contribution is 5.94. The molecule has 25 heavy (non-hydrogen) atoms. The SMILES string of the molecule is CC(C)C(=O)NCCn1nc(C(=O)N2CCOCC2)c2c1CCOC2. The number of morpholine rings is 1. The Morgan fingerprint density at radius 2 is 1.96 bits per heavy atom. The van der Waals surface area contributed by atoms with E-state index in [0.29, 0.717) is 58.3 Å². The van der Waals surface area contributed by atoms with Gasteiger partial charge in [0.1, 0.15) is 0 Å². The van der Waals surface area contributed by atoms with Gasteiger partial charge in [-0.15, -0.1) is 0 Å². The summed E-state index contributed by atoms with van der Waals surface area (Å²) in [6, 6.07) is 0. The van der Waals surface area contributed by atoms with Crippen LogP contribution in [0.3, 0.4) is 0 Å². The molecule has 8 nitrogen and oxygen atoms in total. The molecule has 0 spiro atoms.